The summed E-state index contributed by atoms with van der Waals surface area (Å²) >= 11 is 5.30. The van der Waals surface area contributed by atoms with Gasteiger partial charge in [-0.15, -0.1) is 0 Å². The van der Waals surface area contributed by atoms with Gasteiger partial charge in [0.1, 0.15) is 0 Å². The SMILES string of the molecule is I[I-]I.[NH4+]. The zero-order valence-corrected chi connectivity index (χ0v) is 8.61. The summed E-state index contributed by atoms with van der Waals surface area (Å²) in [7, 11) is 0. The van der Waals surface area contributed by atoms with Crippen LogP contribution in [-0.2, 0) is 0 Å². The number of halogens is 3. The van der Waals surface area contributed by atoms with Crippen LogP contribution >= 0.6 is 37.2 Å². The summed E-state index contributed by atoms with van der Waals surface area (Å²) in [5.74, 6) is 0. The summed E-state index contributed by atoms with van der Waals surface area (Å²) < 4.78 is 0. The first-order chi connectivity index (χ1) is 1.41. The monoisotopic (exact) mass is 399 g/mol. The fourth-order valence-electron chi connectivity index (χ4n) is 0. The second-order valence-corrected chi connectivity index (χ2v) is 16.3. The predicted octanol–water partition coefficient (Wildman–Crippen LogP) is -0.848. The van der Waals surface area contributed by atoms with Crippen molar-refractivity contribution < 1.29 is 13.3 Å². The summed E-state index contributed by atoms with van der Waals surface area (Å²) in [5, 5.41) is 0. The van der Waals surface area contributed by atoms with Crippen LogP contribution in [0.1, 0.15) is 0 Å². The second-order valence-electron chi connectivity index (χ2n) is 0.0540. The topological polar surface area (TPSA) is 36.5 Å². The minimum atomic E-state index is 0. The maximum absolute atomic E-state index is 2.39. The normalized spacial score (nSPS) is 5.50. The van der Waals surface area contributed by atoms with Gasteiger partial charge in [0.05, 0.1) is 0 Å². The zero-order valence-electron chi connectivity index (χ0n) is 2.13. The van der Waals surface area contributed by atoms with E-state index in [0.29, 0.717) is 13.3 Å². The molecule has 4 heavy (non-hydrogen) atoms. The fraction of sp³-hybridized carbons (Fsp3) is 0. The second kappa shape index (κ2) is 8.94. The molecular formula is H4I3N. The summed E-state index contributed by atoms with van der Waals surface area (Å²) in [6.45, 7) is 0. The maximum Gasteiger partial charge on any atom is -0.369 e. The molecule has 0 saturated carbocycles. The van der Waals surface area contributed by atoms with Crippen molar-refractivity contribution >= 4 is 37.2 Å². The Kier molecular flexibility index (Phi) is 21.2. The number of hydrogen-bond acceptors (Lipinski definition) is 0. The molecule has 4 heteroatoms. The van der Waals surface area contributed by atoms with Crippen molar-refractivity contribution in [2.45, 2.75) is 0 Å². The molecule has 30 valence electrons. The van der Waals surface area contributed by atoms with Crippen molar-refractivity contribution in [2.75, 3.05) is 0 Å². The van der Waals surface area contributed by atoms with E-state index in [2.05, 4.69) is 37.2 Å². The van der Waals surface area contributed by atoms with Crippen LogP contribution in [-0.4, -0.2) is 0 Å². The third-order valence-corrected chi connectivity index (χ3v) is 0. The molecule has 0 aliphatic rings. The first-order valence-electron chi connectivity index (χ1n) is 0.286. The van der Waals surface area contributed by atoms with E-state index in [4.69, 9.17) is 0 Å². The smallest absolute Gasteiger partial charge is 0.369 e. The molecule has 0 aromatic carbocycles. The molecule has 0 rings (SSSR count). The molecule has 0 unspecified atom stereocenters. The van der Waals surface area contributed by atoms with E-state index in [0.717, 1.165) is 0 Å². The van der Waals surface area contributed by atoms with Crippen LogP contribution in [0.4, 0.5) is 0 Å². The van der Waals surface area contributed by atoms with E-state index < -0.39 is 0 Å². The molecule has 0 amide bonds. The molecule has 0 heterocycles. The van der Waals surface area contributed by atoms with Gasteiger partial charge in [0.15, 0.2) is 0 Å². The summed E-state index contributed by atoms with van der Waals surface area (Å²) in [5.41, 5.74) is 0. The van der Waals surface area contributed by atoms with Gasteiger partial charge in [-0.1, -0.05) is 0 Å². The van der Waals surface area contributed by atoms with Gasteiger partial charge in [-0.25, -0.2) is 0 Å². The fourth-order valence-corrected chi connectivity index (χ4v) is 0. The van der Waals surface area contributed by atoms with Crippen LogP contribution in [0.15, 0.2) is 0 Å². The molecule has 0 radical (unpaired) electrons. The van der Waals surface area contributed by atoms with Crippen molar-refractivity contribution in [3.8, 4) is 0 Å². The van der Waals surface area contributed by atoms with Crippen LogP contribution in [0, 0.1) is 0 Å². The van der Waals surface area contributed by atoms with Crippen LogP contribution in [0.25, 0.3) is 0 Å². The molecule has 0 aliphatic carbocycles. The quantitative estimate of drug-likeness (QED) is 0.516. The van der Waals surface area contributed by atoms with Gasteiger partial charge in [0.25, 0.3) is 0 Å². The van der Waals surface area contributed by atoms with Crippen molar-refractivity contribution in [2.24, 2.45) is 0 Å². The Morgan fingerprint density at radius 2 is 1.25 bits per heavy atom. The Morgan fingerprint density at radius 3 is 1.25 bits per heavy atom. The Morgan fingerprint density at radius 1 is 1.25 bits per heavy atom. The Hall–Kier alpha value is 2.15. The third kappa shape index (κ3) is 8.91. The average Bonchev–Trinajstić information content (AvgIpc) is 0.918. The minimum Gasteiger partial charge on any atom is -0.369 e. The number of hydrogen-bond donors (Lipinski definition) is 1. The van der Waals surface area contributed by atoms with Crippen molar-refractivity contribution in [1.82, 2.24) is 6.15 Å². The van der Waals surface area contributed by atoms with Crippen LogP contribution in [0.2, 0.25) is 0 Å². The summed E-state index contributed by atoms with van der Waals surface area (Å²) in [4.78, 5) is 0. The van der Waals surface area contributed by atoms with Gasteiger partial charge in [-0.3, -0.25) is 0 Å². The molecule has 0 aromatic heterocycles. The van der Waals surface area contributed by atoms with Gasteiger partial charge < -0.3 is 6.15 Å². The molecule has 4 N–H and O–H groups in total. The molecule has 0 saturated heterocycles. The van der Waals surface area contributed by atoms with E-state index in [9.17, 15) is 0 Å². The van der Waals surface area contributed by atoms with Crippen molar-refractivity contribution in [3.63, 3.8) is 0 Å². The van der Waals surface area contributed by atoms with E-state index in [-0.39, 0.29) is 6.15 Å². The van der Waals surface area contributed by atoms with Crippen LogP contribution in [0.3, 0.4) is 0 Å². The first kappa shape index (κ1) is 9.47. The van der Waals surface area contributed by atoms with Gasteiger partial charge in [0, 0.05) is 0 Å². The summed E-state index contributed by atoms with van der Waals surface area (Å²) in [6.07, 6.45) is 0. The molecular weight excluding hydrogens is 395 g/mol. The van der Waals surface area contributed by atoms with E-state index >= 15 is 0 Å². The summed E-state index contributed by atoms with van der Waals surface area (Å²) in [6, 6.07) is 0. The van der Waals surface area contributed by atoms with Crippen molar-refractivity contribution in [3.05, 3.63) is 0 Å². The van der Waals surface area contributed by atoms with Crippen molar-refractivity contribution in [1.29, 1.82) is 0 Å². The minimum absolute atomic E-state index is 0. The number of quaternary nitrogens is 1. The van der Waals surface area contributed by atoms with E-state index in [1.807, 2.05) is 0 Å². The molecule has 1 nitrogen and oxygen atoms in total. The van der Waals surface area contributed by atoms with E-state index in [1.165, 1.54) is 0 Å². The Bertz CT molecular complexity index is 3.25. The molecule has 0 aliphatic heterocycles. The van der Waals surface area contributed by atoms with Crippen LogP contribution < -0.4 is 19.4 Å². The Balaban J connectivity index is 0. The zero-order chi connectivity index (χ0) is 2.71. The third-order valence-electron chi connectivity index (χ3n) is 0. The Labute approximate surface area is 55.5 Å². The van der Waals surface area contributed by atoms with Gasteiger partial charge in [0.2, 0.25) is 0 Å². The molecule has 0 atom stereocenters. The number of rotatable bonds is 0. The van der Waals surface area contributed by atoms with Gasteiger partial charge in [-0.2, -0.15) is 0 Å². The first-order valence-corrected chi connectivity index (χ1v) is 12.9. The predicted molar refractivity (Wildman–Crippen MR) is 34.0 cm³/mol. The molecule has 0 aromatic rings. The molecule has 0 spiro atoms. The van der Waals surface area contributed by atoms with Gasteiger partial charge in [-0.05, 0) is 0 Å². The largest absolute Gasteiger partial charge is 0.369 e. The molecule has 0 fully saturated rings. The van der Waals surface area contributed by atoms with E-state index in [1.54, 1.807) is 0 Å². The maximum atomic E-state index is 2.39. The standard InChI is InChI=1S/I3.H3N/c1-3-2;/h;1H3/q-1;/p+1. The molecule has 0 bridgehead atoms. The van der Waals surface area contributed by atoms with Crippen LogP contribution in [0.5, 0.6) is 0 Å². The van der Waals surface area contributed by atoms with Gasteiger partial charge >= 0.3 is 50.5 Å². The average molecular weight is 399 g/mol.